The summed E-state index contributed by atoms with van der Waals surface area (Å²) in [6, 6.07) is 6.53. The van der Waals surface area contributed by atoms with Crippen LogP contribution < -0.4 is 4.72 Å². The zero-order valence-corrected chi connectivity index (χ0v) is 18.8. The maximum absolute atomic E-state index is 12.5. The SMILES string of the molecule is COCCOCn1ccnc1C1CCN(C(=O)CNS(=O)(=O)c2ccc(C)cc2)CC1. The van der Waals surface area contributed by atoms with Gasteiger partial charge >= 0.3 is 0 Å². The smallest absolute Gasteiger partial charge is 0.241 e. The van der Waals surface area contributed by atoms with E-state index in [-0.39, 0.29) is 23.3 Å². The van der Waals surface area contributed by atoms with Gasteiger partial charge < -0.3 is 18.9 Å². The molecule has 0 unspecified atom stereocenters. The van der Waals surface area contributed by atoms with Crippen LogP contribution in [0.15, 0.2) is 41.6 Å². The third-order valence-electron chi connectivity index (χ3n) is 5.37. The molecule has 0 radical (unpaired) electrons. The van der Waals surface area contributed by atoms with Crippen molar-refractivity contribution < 1.29 is 22.7 Å². The first-order chi connectivity index (χ1) is 14.9. The highest BCUT2D eigenvalue weighted by molar-refractivity contribution is 7.89. The number of nitrogens with one attached hydrogen (secondary N) is 1. The van der Waals surface area contributed by atoms with Crippen molar-refractivity contribution in [2.75, 3.05) is 40.0 Å². The van der Waals surface area contributed by atoms with Crippen LogP contribution in [0.1, 0.15) is 30.1 Å². The molecule has 31 heavy (non-hydrogen) atoms. The lowest BCUT2D eigenvalue weighted by Gasteiger charge is -2.32. The fourth-order valence-electron chi connectivity index (χ4n) is 3.55. The van der Waals surface area contributed by atoms with E-state index in [0.29, 0.717) is 33.0 Å². The number of piperidine rings is 1. The van der Waals surface area contributed by atoms with E-state index in [2.05, 4.69) is 9.71 Å². The molecular formula is C21H30N4O5S. The van der Waals surface area contributed by atoms with Gasteiger partial charge in [0.05, 0.1) is 24.7 Å². The lowest BCUT2D eigenvalue weighted by atomic mass is 9.96. The van der Waals surface area contributed by atoms with E-state index >= 15 is 0 Å². The molecule has 170 valence electrons. The fourth-order valence-corrected chi connectivity index (χ4v) is 4.53. The predicted octanol–water partition coefficient (Wildman–Crippen LogP) is 1.50. The fraction of sp³-hybridized carbons (Fsp3) is 0.524. The molecule has 0 atom stereocenters. The van der Waals surface area contributed by atoms with Crippen LogP contribution in [0.25, 0.3) is 0 Å². The van der Waals surface area contributed by atoms with Crippen molar-refractivity contribution in [3.8, 4) is 0 Å². The van der Waals surface area contributed by atoms with Crippen LogP contribution in [-0.4, -0.2) is 68.7 Å². The Morgan fingerprint density at radius 3 is 2.58 bits per heavy atom. The second-order valence-corrected chi connectivity index (χ2v) is 9.34. The number of nitrogens with zero attached hydrogens (tertiary/aromatic N) is 3. The summed E-state index contributed by atoms with van der Waals surface area (Å²) < 4.78 is 39.7. The molecule has 1 aromatic carbocycles. The van der Waals surface area contributed by atoms with Gasteiger partial charge in [-0.1, -0.05) is 17.7 Å². The van der Waals surface area contributed by atoms with E-state index in [4.69, 9.17) is 9.47 Å². The van der Waals surface area contributed by atoms with E-state index < -0.39 is 10.0 Å². The third kappa shape index (κ3) is 6.36. The largest absolute Gasteiger partial charge is 0.382 e. The number of sulfonamides is 1. The Kier molecular flexibility index (Phi) is 8.19. The Hall–Kier alpha value is -2.27. The van der Waals surface area contributed by atoms with Gasteiger partial charge in [-0.25, -0.2) is 18.1 Å². The molecule has 1 amide bonds. The van der Waals surface area contributed by atoms with Crippen LogP contribution in [0.5, 0.6) is 0 Å². The van der Waals surface area contributed by atoms with Crippen LogP contribution in [-0.2, 0) is 31.0 Å². The number of amides is 1. The van der Waals surface area contributed by atoms with Gasteiger partial charge in [0, 0.05) is 38.5 Å². The second-order valence-electron chi connectivity index (χ2n) is 7.58. The summed E-state index contributed by atoms with van der Waals surface area (Å²) in [5, 5.41) is 0. The van der Waals surface area contributed by atoms with E-state index in [0.717, 1.165) is 24.2 Å². The van der Waals surface area contributed by atoms with Crippen molar-refractivity contribution in [1.82, 2.24) is 19.2 Å². The number of hydrogen-bond acceptors (Lipinski definition) is 6. The van der Waals surface area contributed by atoms with Crippen LogP contribution >= 0.6 is 0 Å². The summed E-state index contributed by atoms with van der Waals surface area (Å²) in [4.78, 5) is 18.9. The first-order valence-corrected chi connectivity index (χ1v) is 11.8. The summed E-state index contributed by atoms with van der Waals surface area (Å²) in [7, 11) is -2.08. The van der Waals surface area contributed by atoms with Gasteiger partial charge in [0.2, 0.25) is 15.9 Å². The van der Waals surface area contributed by atoms with Gasteiger partial charge in [0.25, 0.3) is 0 Å². The summed E-state index contributed by atoms with van der Waals surface area (Å²) in [5.74, 6) is 0.958. The molecule has 1 saturated heterocycles. The monoisotopic (exact) mass is 450 g/mol. The molecule has 2 heterocycles. The van der Waals surface area contributed by atoms with Gasteiger partial charge in [0.15, 0.2) is 0 Å². The standard InChI is InChI=1S/C21H30N4O5S/c1-17-3-5-19(6-4-17)31(27,28)23-15-20(26)24-10-7-18(8-11-24)21-22-9-12-25(21)16-30-14-13-29-2/h3-6,9,12,18,23H,7-8,10-11,13-16H2,1-2H3. The number of rotatable bonds is 10. The van der Waals surface area contributed by atoms with E-state index in [1.807, 2.05) is 17.7 Å². The summed E-state index contributed by atoms with van der Waals surface area (Å²) >= 11 is 0. The predicted molar refractivity (Wildman–Crippen MR) is 115 cm³/mol. The summed E-state index contributed by atoms with van der Waals surface area (Å²) in [5.41, 5.74) is 0.972. The molecule has 1 aliphatic heterocycles. The molecule has 2 aromatic rings. The van der Waals surface area contributed by atoms with Crippen molar-refractivity contribution in [2.24, 2.45) is 0 Å². The van der Waals surface area contributed by atoms with Gasteiger partial charge in [-0.05, 0) is 31.9 Å². The Balaban J connectivity index is 1.48. The Bertz CT molecular complexity index is 950. The number of ether oxygens (including phenoxy) is 2. The Morgan fingerprint density at radius 1 is 1.19 bits per heavy atom. The molecule has 0 saturated carbocycles. The molecule has 0 aliphatic carbocycles. The minimum Gasteiger partial charge on any atom is -0.382 e. The summed E-state index contributed by atoms with van der Waals surface area (Å²) in [6.45, 7) is 4.23. The van der Waals surface area contributed by atoms with E-state index in [1.165, 1.54) is 12.1 Å². The van der Waals surface area contributed by atoms with E-state index in [9.17, 15) is 13.2 Å². The van der Waals surface area contributed by atoms with Gasteiger partial charge in [0.1, 0.15) is 12.6 Å². The molecule has 1 fully saturated rings. The highest BCUT2D eigenvalue weighted by Gasteiger charge is 2.27. The number of hydrogen-bond donors (Lipinski definition) is 1. The Morgan fingerprint density at radius 2 is 1.90 bits per heavy atom. The van der Waals surface area contributed by atoms with Crippen LogP contribution in [0.4, 0.5) is 0 Å². The molecule has 9 nitrogen and oxygen atoms in total. The lowest BCUT2D eigenvalue weighted by molar-refractivity contribution is -0.131. The highest BCUT2D eigenvalue weighted by Crippen LogP contribution is 2.27. The molecule has 0 spiro atoms. The summed E-state index contributed by atoms with van der Waals surface area (Å²) in [6.07, 6.45) is 5.18. The molecule has 1 N–H and O–H groups in total. The number of aryl methyl sites for hydroxylation is 1. The first-order valence-electron chi connectivity index (χ1n) is 10.3. The number of aromatic nitrogens is 2. The zero-order valence-electron chi connectivity index (χ0n) is 18.0. The molecular weight excluding hydrogens is 420 g/mol. The number of likely N-dealkylation sites (tertiary alicyclic amines) is 1. The topological polar surface area (TPSA) is 103 Å². The van der Waals surface area contributed by atoms with Gasteiger partial charge in [-0.3, -0.25) is 4.79 Å². The maximum atomic E-state index is 12.5. The minimum absolute atomic E-state index is 0.157. The van der Waals surface area contributed by atoms with Gasteiger partial charge in [-0.2, -0.15) is 0 Å². The molecule has 1 aliphatic rings. The van der Waals surface area contributed by atoms with Crippen molar-refractivity contribution in [3.63, 3.8) is 0 Å². The number of carbonyl (C=O) groups excluding carboxylic acids is 1. The number of imidazole rings is 1. The molecule has 0 bridgehead atoms. The lowest BCUT2D eigenvalue weighted by Crippen LogP contribution is -2.44. The maximum Gasteiger partial charge on any atom is 0.241 e. The van der Waals surface area contributed by atoms with Crippen molar-refractivity contribution >= 4 is 15.9 Å². The van der Waals surface area contributed by atoms with Crippen molar-refractivity contribution in [2.45, 2.75) is 37.3 Å². The van der Waals surface area contributed by atoms with Gasteiger partial charge in [-0.15, -0.1) is 0 Å². The van der Waals surface area contributed by atoms with Crippen molar-refractivity contribution in [3.05, 3.63) is 48.0 Å². The van der Waals surface area contributed by atoms with Crippen LogP contribution in [0.3, 0.4) is 0 Å². The number of methoxy groups -OCH3 is 1. The highest BCUT2D eigenvalue weighted by atomic mass is 32.2. The van der Waals surface area contributed by atoms with Crippen molar-refractivity contribution in [1.29, 1.82) is 0 Å². The Labute approximate surface area is 183 Å². The number of benzene rings is 1. The van der Waals surface area contributed by atoms with Crippen LogP contribution in [0.2, 0.25) is 0 Å². The second kappa shape index (κ2) is 10.9. The third-order valence-corrected chi connectivity index (χ3v) is 6.78. The quantitative estimate of drug-likeness (QED) is 0.550. The average Bonchev–Trinajstić information content (AvgIpc) is 3.24. The minimum atomic E-state index is -3.71. The first kappa shape index (κ1) is 23.4. The molecule has 10 heteroatoms. The average molecular weight is 451 g/mol. The zero-order chi connectivity index (χ0) is 22.3. The number of carbonyl (C=O) groups is 1. The van der Waals surface area contributed by atoms with E-state index in [1.54, 1.807) is 30.3 Å². The molecule has 3 rings (SSSR count). The molecule has 1 aromatic heterocycles. The van der Waals surface area contributed by atoms with Crippen LogP contribution in [0, 0.1) is 6.92 Å². The normalized spacial score (nSPS) is 15.4.